The Balaban J connectivity index is 1.51. The van der Waals surface area contributed by atoms with Gasteiger partial charge in [-0.15, -0.1) is 0 Å². The van der Waals surface area contributed by atoms with Crippen LogP contribution in [-0.2, 0) is 6.54 Å². The second-order valence-electron chi connectivity index (χ2n) is 6.05. The summed E-state index contributed by atoms with van der Waals surface area (Å²) in [6.45, 7) is 2.34. The van der Waals surface area contributed by atoms with Crippen LogP contribution in [0, 0.1) is 0 Å². The molecule has 1 heterocycles. The van der Waals surface area contributed by atoms with Gasteiger partial charge in [0.15, 0.2) is 0 Å². The number of nitrogens with zero attached hydrogens (tertiary/aromatic N) is 2. The summed E-state index contributed by atoms with van der Waals surface area (Å²) in [7, 11) is 0. The first-order valence-corrected chi connectivity index (χ1v) is 9.11. The van der Waals surface area contributed by atoms with E-state index in [4.69, 9.17) is 23.2 Å². The molecule has 0 radical (unpaired) electrons. The molecule has 5 nitrogen and oxygen atoms in total. The Morgan fingerprint density at radius 1 is 0.923 bits per heavy atom. The lowest BCUT2D eigenvalue weighted by Crippen LogP contribution is -2.53. The van der Waals surface area contributed by atoms with E-state index in [0.717, 1.165) is 5.56 Å². The maximum Gasteiger partial charge on any atom is 0.317 e. The van der Waals surface area contributed by atoms with Crippen molar-refractivity contribution in [3.05, 3.63) is 69.7 Å². The van der Waals surface area contributed by atoms with Gasteiger partial charge in [0.05, 0.1) is 10.6 Å². The Kier molecular flexibility index (Phi) is 6.01. The molecule has 0 spiro atoms. The maximum absolute atomic E-state index is 12.5. The average molecular weight is 392 g/mol. The molecule has 1 aliphatic heterocycles. The first-order chi connectivity index (χ1) is 12.5. The molecule has 2 aromatic carbocycles. The van der Waals surface area contributed by atoms with Gasteiger partial charge in [-0.1, -0.05) is 47.5 Å². The number of piperazine rings is 1. The third-order valence-corrected chi connectivity index (χ3v) is 4.86. The molecule has 0 aromatic heterocycles. The third kappa shape index (κ3) is 4.48. The van der Waals surface area contributed by atoms with Crippen LogP contribution in [-0.4, -0.2) is 47.9 Å². The molecule has 26 heavy (non-hydrogen) atoms. The molecular weight excluding hydrogens is 373 g/mol. The van der Waals surface area contributed by atoms with Crippen LogP contribution in [0.5, 0.6) is 0 Å². The number of rotatable bonds is 3. The zero-order chi connectivity index (χ0) is 18.5. The first kappa shape index (κ1) is 18.5. The molecule has 0 aliphatic carbocycles. The van der Waals surface area contributed by atoms with Gasteiger partial charge >= 0.3 is 6.03 Å². The van der Waals surface area contributed by atoms with Crippen LogP contribution in [0.15, 0.2) is 48.5 Å². The zero-order valence-electron chi connectivity index (χ0n) is 14.1. The largest absolute Gasteiger partial charge is 0.335 e. The van der Waals surface area contributed by atoms with Gasteiger partial charge in [-0.25, -0.2) is 4.79 Å². The van der Waals surface area contributed by atoms with Crippen molar-refractivity contribution in [3.63, 3.8) is 0 Å². The molecule has 0 unspecified atom stereocenters. The molecule has 1 fully saturated rings. The standard InChI is InChI=1S/C19H19Cl2N3O2/c20-15-5-3-4-14(12-15)13-22-19(26)24-10-8-23(9-11-24)18(25)16-6-1-2-7-17(16)21/h1-7,12H,8-11,13H2,(H,22,26). The number of nitrogens with one attached hydrogen (secondary N) is 1. The number of amides is 3. The summed E-state index contributed by atoms with van der Waals surface area (Å²) in [4.78, 5) is 28.3. The molecule has 3 amide bonds. The summed E-state index contributed by atoms with van der Waals surface area (Å²) < 4.78 is 0. The zero-order valence-corrected chi connectivity index (χ0v) is 15.6. The van der Waals surface area contributed by atoms with E-state index in [1.807, 2.05) is 18.2 Å². The molecule has 136 valence electrons. The fourth-order valence-corrected chi connectivity index (χ4v) is 3.28. The first-order valence-electron chi connectivity index (χ1n) is 8.35. The van der Waals surface area contributed by atoms with Crippen LogP contribution in [0.3, 0.4) is 0 Å². The number of hydrogen-bond donors (Lipinski definition) is 1. The summed E-state index contributed by atoms with van der Waals surface area (Å²) in [5.74, 6) is -0.102. The van der Waals surface area contributed by atoms with Crippen molar-refractivity contribution in [2.45, 2.75) is 6.54 Å². The van der Waals surface area contributed by atoms with Gasteiger partial charge in [-0.05, 0) is 29.8 Å². The normalized spacial score (nSPS) is 14.2. The second-order valence-corrected chi connectivity index (χ2v) is 6.89. The van der Waals surface area contributed by atoms with Crippen molar-refractivity contribution >= 4 is 35.1 Å². The Labute approximate surface area is 162 Å². The number of urea groups is 1. The van der Waals surface area contributed by atoms with Crippen molar-refractivity contribution in [3.8, 4) is 0 Å². The summed E-state index contributed by atoms with van der Waals surface area (Å²) in [6.07, 6.45) is 0. The Hall–Kier alpha value is -2.24. The molecule has 0 atom stereocenters. The van der Waals surface area contributed by atoms with Gasteiger partial charge in [0.1, 0.15) is 0 Å². The van der Waals surface area contributed by atoms with Gasteiger partial charge in [0.25, 0.3) is 5.91 Å². The van der Waals surface area contributed by atoms with Gasteiger partial charge in [0, 0.05) is 37.7 Å². The lowest BCUT2D eigenvalue weighted by Gasteiger charge is -2.34. The maximum atomic E-state index is 12.5. The minimum atomic E-state index is -0.144. The third-order valence-electron chi connectivity index (χ3n) is 4.29. The summed E-state index contributed by atoms with van der Waals surface area (Å²) in [6, 6.07) is 14.2. The van der Waals surface area contributed by atoms with Gasteiger partial charge in [0.2, 0.25) is 0 Å². The van der Waals surface area contributed by atoms with Crippen LogP contribution in [0.25, 0.3) is 0 Å². The fraction of sp³-hybridized carbons (Fsp3) is 0.263. The Morgan fingerprint density at radius 2 is 1.62 bits per heavy atom. The van der Waals surface area contributed by atoms with Crippen molar-refractivity contribution < 1.29 is 9.59 Å². The predicted octanol–water partition coefficient (Wildman–Crippen LogP) is 3.66. The molecule has 0 saturated carbocycles. The van der Waals surface area contributed by atoms with Crippen molar-refractivity contribution in [1.29, 1.82) is 0 Å². The second kappa shape index (κ2) is 8.43. The quantitative estimate of drug-likeness (QED) is 0.867. The van der Waals surface area contributed by atoms with Crippen LogP contribution < -0.4 is 5.32 Å². The van der Waals surface area contributed by atoms with E-state index in [0.29, 0.717) is 48.3 Å². The van der Waals surface area contributed by atoms with E-state index in [-0.39, 0.29) is 11.9 Å². The number of benzene rings is 2. The van der Waals surface area contributed by atoms with E-state index in [2.05, 4.69) is 5.32 Å². The lowest BCUT2D eigenvalue weighted by molar-refractivity contribution is 0.0665. The summed E-state index contributed by atoms with van der Waals surface area (Å²) in [5, 5.41) is 3.97. The fourth-order valence-electron chi connectivity index (χ4n) is 2.85. The van der Waals surface area contributed by atoms with Gasteiger partial charge in [-0.2, -0.15) is 0 Å². The van der Waals surface area contributed by atoms with Crippen LogP contribution in [0.4, 0.5) is 4.79 Å². The van der Waals surface area contributed by atoms with Crippen LogP contribution in [0.2, 0.25) is 10.0 Å². The van der Waals surface area contributed by atoms with Crippen LogP contribution >= 0.6 is 23.2 Å². The monoisotopic (exact) mass is 391 g/mol. The Morgan fingerprint density at radius 3 is 2.31 bits per heavy atom. The summed E-state index contributed by atoms with van der Waals surface area (Å²) >= 11 is 12.0. The minimum absolute atomic E-state index is 0.102. The van der Waals surface area contributed by atoms with Crippen LogP contribution in [0.1, 0.15) is 15.9 Å². The predicted molar refractivity (Wildman–Crippen MR) is 103 cm³/mol. The smallest absolute Gasteiger partial charge is 0.317 e. The Bertz CT molecular complexity index is 805. The molecule has 3 rings (SSSR count). The highest BCUT2D eigenvalue weighted by atomic mass is 35.5. The number of carbonyl (C=O) groups excluding carboxylic acids is 2. The molecular formula is C19H19Cl2N3O2. The molecule has 0 bridgehead atoms. The average Bonchev–Trinajstić information content (AvgIpc) is 2.66. The van der Waals surface area contributed by atoms with E-state index in [9.17, 15) is 9.59 Å². The molecule has 1 saturated heterocycles. The lowest BCUT2D eigenvalue weighted by atomic mass is 10.2. The topological polar surface area (TPSA) is 52.7 Å². The highest BCUT2D eigenvalue weighted by molar-refractivity contribution is 6.33. The number of hydrogen-bond acceptors (Lipinski definition) is 2. The number of halogens is 2. The molecule has 1 N–H and O–H groups in total. The molecule has 7 heteroatoms. The highest BCUT2D eigenvalue weighted by Gasteiger charge is 2.25. The van der Waals surface area contributed by atoms with E-state index >= 15 is 0 Å². The van der Waals surface area contributed by atoms with E-state index in [1.165, 1.54) is 0 Å². The van der Waals surface area contributed by atoms with Gasteiger partial charge < -0.3 is 15.1 Å². The number of carbonyl (C=O) groups is 2. The SMILES string of the molecule is O=C(NCc1cccc(Cl)c1)N1CCN(C(=O)c2ccccc2Cl)CC1. The highest BCUT2D eigenvalue weighted by Crippen LogP contribution is 2.18. The molecule has 2 aromatic rings. The molecule has 1 aliphatic rings. The van der Waals surface area contributed by atoms with Crippen molar-refractivity contribution in [2.75, 3.05) is 26.2 Å². The van der Waals surface area contributed by atoms with E-state index < -0.39 is 0 Å². The van der Waals surface area contributed by atoms with Crippen molar-refractivity contribution in [1.82, 2.24) is 15.1 Å². The van der Waals surface area contributed by atoms with E-state index in [1.54, 1.807) is 40.1 Å². The minimum Gasteiger partial charge on any atom is -0.335 e. The van der Waals surface area contributed by atoms with Crippen molar-refractivity contribution in [2.24, 2.45) is 0 Å². The van der Waals surface area contributed by atoms with Gasteiger partial charge in [-0.3, -0.25) is 4.79 Å². The summed E-state index contributed by atoms with van der Waals surface area (Å²) in [5.41, 5.74) is 1.44.